The number of aliphatic hydroxyl groups is 3. The van der Waals surface area contributed by atoms with Gasteiger partial charge in [-0.2, -0.15) is 0 Å². The smallest absolute Gasteiger partial charge is 0.335 e. The molecule has 0 amide bonds. The third-order valence-corrected chi connectivity index (χ3v) is 5.58. The molecule has 5 atom stereocenters. The van der Waals surface area contributed by atoms with Crippen LogP contribution in [0.3, 0.4) is 0 Å². The molecule has 1 aliphatic rings. The number of ether oxygens (including phenoxy) is 2. The second-order valence-corrected chi connectivity index (χ2v) is 7.84. The first-order valence-electron chi connectivity index (χ1n) is 10.3. The number of aromatic hydroxyl groups is 2. The average molecular weight is 474 g/mol. The minimum absolute atomic E-state index is 0.0510. The molecule has 0 radical (unpaired) electrons. The number of aliphatic hydroxyl groups excluding tert-OH is 3. The third-order valence-electron chi connectivity index (χ3n) is 5.58. The highest BCUT2D eigenvalue weighted by Gasteiger charge is 2.48. The number of carboxylic acids is 1. The van der Waals surface area contributed by atoms with E-state index in [4.69, 9.17) is 13.9 Å². The Kier molecular flexibility index (Phi) is 6.19. The zero-order valence-electron chi connectivity index (χ0n) is 17.8. The second-order valence-electron chi connectivity index (χ2n) is 7.84. The summed E-state index contributed by atoms with van der Waals surface area (Å²) in [5, 5.41) is 59.1. The van der Waals surface area contributed by atoms with Crippen LogP contribution in [0.5, 0.6) is 17.2 Å². The Labute approximate surface area is 191 Å². The van der Waals surface area contributed by atoms with Gasteiger partial charge in [-0.3, -0.25) is 4.79 Å². The van der Waals surface area contributed by atoms with E-state index in [-0.39, 0.29) is 28.2 Å². The van der Waals surface area contributed by atoms with Crippen molar-refractivity contribution in [2.75, 3.05) is 0 Å². The molecule has 11 heteroatoms. The summed E-state index contributed by atoms with van der Waals surface area (Å²) in [5.41, 5.74) is 0.643. The van der Waals surface area contributed by atoms with Crippen molar-refractivity contribution in [3.63, 3.8) is 0 Å². The summed E-state index contributed by atoms with van der Waals surface area (Å²) in [4.78, 5) is 24.0. The van der Waals surface area contributed by atoms with Gasteiger partial charge in [-0.25, -0.2) is 4.79 Å². The van der Waals surface area contributed by atoms with E-state index in [1.54, 1.807) is 6.07 Å². The maximum atomic E-state index is 12.7. The molecule has 1 aliphatic heterocycles. The highest BCUT2D eigenvalue weighted by molar-refractivity contribution is 5.86. The molecule has 180 valence electrons. The average Bonchev–Trinajstić information content (AvgIpc) is 2.78. The normalized spacial score (nSPS) is 24.8. The SMILES string of the molecule is CCc1cc(O)ccc1-c1cc(=O)c2c(O)cc(OC3O[C@H](C(=O)O)[C@@H](O)[C@H](O)[C@H]3O)cc2o1. The van der Waals surface area contributed by atoms with Gasteiger partial charge in [0, 0.05) is 23.8 Å². The van der Waals surface area contributed by atoms with Crippen LogP contribution >= 0.6 is 0 Å². The zero-order chi connectivity index (χ0) is 24.7. The molecule has 3 aromatic rings. The Morgan fingerprint density at radius 2 is 1.76 bits per heavy atom. The van der Waals surface area contributed by atoms with Crippen LogP contribution in [0.1, 0.15) is 12.5 Å². The minimum Gasteiger partial charge on any atom is -0.508 e. The Balaban J connectivity index is 1.74. The fraction of sp³-hybridized carbons (Fsp3) is 0.304. The van der Waals surface area contributed by atoms with Crippen LogP contribution in [0.25, 0.3) is 22.3 Å². The molecule has 4 rings (SSSR count). The van der Waals surface area contributed by atoms with E-state index in [0.717, 1.165) is 6.07 Å². The molecule has 0 spiro atoms. The highest BCUT2D eigenvalue weighted by Crippen LogP contribution is 2.34. The van der Waals surface area contributed by atoms with Crippen molar-refractivity contribution in [3.05, 3.63) is 52.2 Å². The van der Waals surface area contributed by atoms with Gasteiger partial charge in [0.2, 0.25) is 6.29 Å². The van der Waals surface area contributed by atoms with Crippen LogP contribution in [-0.4, -0.2) is 67.3 Å². The molecule has 0 aliphatic carbocycles. The number of aliphatic carboxylic acids is 1. The monoisotopic (exact) mass is 474 g/mol. The standard InChI is InChI=1S/C23H22O11/c1-2-9-5-10(24)3-4-12(9)15-8-14(26)17-13(25)6-11(7-16(17)33-15)32-23-20(29)18(27)19(28)21(34-23)22(30)31/h3-8,18-21,23-25,27-29H,2H2,1H3,(H,30,31)/t18-,19-,20+,21-,23?/m0/s1. The van der Waals surface area contributed by atoms with Crippen LogP contribution in [0.2, 0.25) is 0 Å². The minimum atomic E-state index is -1.89. The van der Waals surface area contributed by atoms with Crippen molar-refractivity contribution in [3.8, 4) is 28.6 Å². The second kappa shape index (κ2) is 8.95. The first-order chi connectivity index (χ1) is 16.1. The lowest BCUT2D eigenvalue weighted by Gasteiger charge is -2.38. The number of carboxylic acid groups (broad SMARTS) is 1. The van der Waals surface area contributed by atoms with Gasteiger partial charge in [0.05, 0.1) is 0 Å². The molecule has 2 aromatic carbocycles. The third kappa shape index (κ3) is 4.17. The summed E-state index contributed by atoms with van der Waals surface area (Å²) in [6.07, 6.45) is -8.63. The van der Waals surface area contributed by atoms with Crippen LogP contribution < -0.4 is 10.2 Å². The van der Waals surface area contributed by atoms with Gasteiger partial charge in [-0.15, -0.1) is 0 Å². The number of carbonyl (C=O) groups is 1. The molecule has 11 nitrogen and oxygen atoms in total. The predicted octanol–water partition coefficient (Wildman–Crippen LogP) is 0.705. The van der Waals surface area contributed by atoms with Crippen molar-refractivity contribution in [1.82, 2.24) is 0 Å². The van der Waals surface area contributed by atoms with Crippen molar-refractivity contribution < 1.29 is 49.3 Å². The van der Waals surface area contributed by atoms with Crippen molar-refractivity contribution >= 4 is 16.9 Å². The highest BCUT2D eigenvalue weighted by atomic mass is 16.7. The fourth-order valence-electron chi connectivity index (χ4n) is 3.84. The van der Waals surface area contributed by atoms with E-state index in [9.17, 15) is 40.2 Å². The largest absolute Gasteiger partial charge is 0.508 e. The maximum absolute atomic E-state index is 12.7. The number of phenols is 2. The van der Waals surface area contributed by atoms with Crippen molar-refractivity contribution in [1.29, 1.82) is 0 Å². The molecule has 34 heavy (non-hydrogen) atoms. The molecule has 1 saturated heterocycles. The van der Waals surface area contributed by atoms with Gasteiger partial charge in [0.15, 0.2) is 11.5 Å². The van der Waals surface area contributed by atoms with E-state index < -0.39 is 47.9 Å². The summed E-state index contributed by atoms with van der Waals surface area (Å²) in [7, 11) is 0. The van der Waals surface area contributed by atoms with Gasteiger partial charge < -0.3 is 44.5 Å². The van der Waals surface area contributed by atoms with E-state index in [0.29, 0.717) is 17.5 Å². The fourth-order valence-corrected chi connectivity index (χ4v) is 3.84. The van der Waals surface area contributed by atoms with Crippen LogP contribution in [0.4, 0.5) is 0 Å². The van der Waals surface area contributed by atoms with Crippen LogP contribution in [0.15, 0.2) is 45.6 Å². The lowest BCUT2D eigenvalue weighted by atomic mass is 9.99. The number of aryl methyl sites for hydroxylation is 1. The summed E-state index contributed by atoms with van der Waals surface area (Å²) >= 11 is 0. The first-order valence-corrected chi connectivity index (χ1v) is 10.3. The lowest BCUT2D eigenvalue weighted by molar-refractivity contribution is -0.271. The van der Waals surface area contributed by atoms with E-state index in [2.05, 4.69) is 0 Å². The quantitative estimate of drug-likeness (QED) is 0.306. The molecular weight excluding hydrogens is 452 g/mol. The number of phenolic OH excluding ortho intramolecular Hbond substituents is 2. The molecule has 1 aromatic heterocycles. The topological polar surface area (TPSA) is 187 Å². The van der Waals surface area contributed by atoms with Gasteiger partial charge in [0.25, 0.3) is 0 Å². The Morgan fingerprint density at radius 1 is 1.03 bits per heavy atom. The number of rotatable bonds is 5. The van der Waals surface area contributed by atoms with Gasteiger partial charge in [-0.1, -0.05) is 6.92 Å². The van der Waals surface area contributed by atoms with Crippen molar-refractivity contribution in [2.24, 2.45) is 0 Å². The van der Waals surface area contributed by atoms with Crippen molar-refractivity contribution in [2.45, 2.75) is 44.1 Å². The van der Waals surface area contributed by atoms with Crippen LogP contribution in [-0.2, 0) is 16.0 Å². The number of hydrogen-bond acceptors (Lipinski definition) is 10. The Morgan fingerprint density at radius 3 is 2.44 bits per heavy atom. The number of hydrogen-bond donors (Lipinski definition) is 6. The summed E-state index contributed by atoms with van der Waals surface area (Å²) < 4.78 is 16.4. The summed E-state index contributed by atoms with van der Waals surface area (Å²) in [6, 6.07) is 8.04. The molecular formula is C23H22O11. The van der Waals surface area contributed by atoms with Crippen LogP contribution in [0, 0.1) is 0 Å². The van der Waals surface area contributed by atoms with E-state index in [1.165, 1.54) is 24.3 Å². The van der Waals surface area contributed by atoms with Gasteiger partial charge >= 0.3 is 5.97 Å². The molecule has 6 N–H and O–H groups in total. The predicted molar refractivity (Wildman–Crippen MR) is 116 cm³/mol. The zero-order valence-corrected chi connectivity index (χ0v) is 17.8. The molecule has 1 unspecified atom stereocenters. The molecule has 0 saturated carbocycles. The number of benzene rings is 2. The van der Waals surface area contributed by atoms with Gasteiger partial charge in [-0.05, 0) is 30.2 Å². The Hall–Kier alpha value is -3.64. The van der Waals surface area contributed by atoms with E-state index in [1.807, 2.05) is 6.92 Å². The Bertz CT molecular complexity index is 1300. The molecule has 2 heterocycles. The van der Waals surface area contributed by atoms with E-state index >= 15 is 0 Å². The first kappa shape index (κ1) is 23.5. The number of fused-ring (bicyclic) bond motifs is 1. The summed E-state index contributed by atoms with van der Waals surface area (Å²) in [5.74, 6) is -2.03. The maximum Gasteiger partial charge on any atom is 0.335 e. The lowest BCUT2D eigenvalue weighted by Crippen LogP contribution is -2.61. The van der Waals surface area contributed by atoms with Gasteiger partial charge in [0.1, 0.15) is 52.3 Å². The molecule has 0 bridgehead atoms. The molecule has 1 fully saturated rings. The summed E-state index contributed by atoms with van der Waals surface area (Å²) in [6.45, 7) is 1.86.